The highest BCUT2D eigenvalue weighted by Crippen LogP contribution is 2.04. The largest absolute Gasteiger partial charge is 0.351 e. The van der Waals surface area contributed by atoms with Crippen LogP contribution in [0.1, 0.15) is 17.3 Å². The Morgan fingerprint density at radius 2 is 1.85 bits per heavy atom. The molecule has 1 heterocycles. The molecule has 2 N–H and O–H groups in total. The third-order valence-electron chi connectivity index (χ3n) is 3.63. The van der Waals surface area contributed by atoms with Crippen molar-refractivity contribution in [1.29, 1.82) is 0 Å². The molecule has 0 atom stereocenters. The number of carbonyl (C=O) groups is 2. The predicted octanol–water partition coefficient (Wildman–Crippen LogP) is -0.837. The number of piperazine rings is 1. The van der Waals surface area contributed by atoms with Gasteiger partial charge in [-0.15, -0.1) is 0 Å². The van der Waals surface area contributed by atoms with Gasteiger partial charge in [0.2, 0.25) is 5.91 Å². The SMILES string of the molecule is CC(=O)NCC[NH+]1CCN(C(=O)c2ccccc2)CC1. The van der Waals surface area contributed by atoms with E-state index in [-0.39, 0.29) is 11.8 Å². The fraction of sp³-hybridized carbons (Fsp3) is 0.467. The molecule has 0 radical (unpaired) electrons. The second-order valence-corrected chi connectivity index (χ2v) is 5.14. The van der Waals surface area contributed by atoms with Crippen LogP contribution in [0.25, 0.3) is 0 Å². The topological polar surface area (TPSA) is 53.9 Å². The summed E-state index contributed by atoms with van der Waals surface area (Å²) in [4.78, 5) is 26.4. The number of hydrogen-bond donors (Lipinski definition) is 2. The summed E-state index contributed by atoms with van der Waals surface area (Å²) in [5.74, 6) is 0.133. The highest BCUT2D eigenvalue weighted by atomic mass is 16.2. The molecule has 108 valence electrons. The molecule has 5 nitrogen and oxygen atoms in total. The number of quaternary nitrogens is 1. The second-order valence-electron chi connectivity index (χ2n) is 5.14. The van der Waals surface area contributed by atoms with E-state index in [0.29, 0.717) is 6.54 Å². The summed E-state index contributed by atoms with van der Waals surface area (Å²) >= 11 is 0. The lowest BCUT2D eigenvalue weighted by atomic mass is 10.2. The number of amides is 2. The Morgan fingerprint density at radius 1 is 1.20 bits per heavy atom. The Balaban J connectivity index is 1.77. The summed E-state index contributed by atoms with van der Waals surface area (Å²) in [6.45, 7) is 6.61. The van der Waals surface area contributed by atoms with Gasteiger partial charge < -0.3 is 15.1 Å². The van der Waals surface area contributed by atoms with Gasteiger partial charge in [-0.1, -0.05) is 18.2 Å². The molecular formula is C15H22N3O2+. The van der Waals surface area contributed by atoms with E-state index in [1.165, 1.54) is 11.8 Å². The van der Waals surface area contributed by atoms with Crippen molar-refractivity contribution in [2.75, 3.05) is 39.3 Å². The Morgan fingerprint density at radius 3 is 2.45 bits per heavy atom. The molecule has 0 aliphatic carbocycles. The monoisotopic (exact) mass is 276 g/mol. The smallest absolute Gasteiger partial charge is 0.254 e. The van der Waals surface area contributed by atoms with Crippen molar-refractivity contribution in [3.8, 4) is 0 Å². The van der Waals surface area contributed by atoms with Crippen LogP contribution in [0.15, 0.2) is 30.3 Å². The lowest BCUT2D eigenvalue weighted by Gasteiger charge is -2.32. The van der Waals surface area contributed by atoms with E-state index in [1.807, 2.05) is 35.2 Å². The van der Waals surface area contributed by atoms with E-state index in [4.69, 9.17) is 0 Å². The maximum Gasteiger partial charge on any atom is 0.254 e. The van der Waals surface area contributed by atoms with Crippen LogP contribution in [-0.2, 0) is 4.79 Å². The molecule has 5 heteroatoms. The number of nitrogens with zero attached hydrogens (tertiary/aromatic N) is 1. The summed E-state index contributed by atoms with van der Waals surface area (Å²) in [6, 6.07) is 9.42. The Labute approximate surface area is 119 Å². The predicted molar refractivity (Wildman–Crippen MR) is 76.6 cm³/mol. The van der Waals surface area contributed by atoms with E-state index in [9.17, 15) is 9.59 Å². The molecule has 0 bridgehead atoms. The maximum absolute atomic E-state index is 12.3. The summed E-state index contributed by atoms with van der Waals surface area (Å²) in [7, 11) is 0. The highest BCUT2D eigenvalue weighted by Gasteiger charge is 2.23. The third kappa shape index (κ3) is 4.06. The van der Waals surface area contributed by atoms with Gasteiger partial charge in [0, 0.05) is 12.5 Å². The maximum atomic E-state index is 12.3. The first kappa shape index (κ1) is 14.5. The van der Waals surface area contributed by atoms with Crippen LogP contribution in [0.2, 0.25) is 0 Å². The molecule has 0 spiro atoms. The van der Waals surface area contributed by atoms with Gasteiger partial charge in [-0.05, 0) is 12.1 Å². The molecule has 0 saturated carbocycles. The van der Waals surface area contributed by atoms with Gasteiger partial charge in [-0.25, -0.2) is 0 Å². The van der Waals surface area contributed by atoms with Crippen LogP contribution >= 0.6 is 0 Å². The normalized spacial score (nSPS) is 15.9. The minimum atomic E-state index is 0.0160. The van der Waals surface area contributed by atoms with Crippen LogP contribution in [0.3, 0.4) is 0 Å². The number of hydrogen-bond acceptors (Lipinski definition) is 2. The van der Waals surface area contributed by atoms with Crippen molar-refractivity contribution < 1.29 is 14.5 Å². The molecule has 2 amide bonds. The van der Waals surface area contributed by atoms with Crippen molar-refractivity contribution in [3.63, 3.8) is 0 Å². The number of nitrogens with one attached hydrogen (secondary N) is 2. The molecule has 1 saturated heterocycles. The molecule has 0 unspecified atom stereocenters. The molecule has 1 fully saturated rings. The van der Waals surface area contributed by atoms with Crippen molar-refractivity contribution >= 4 is 11.8 Å². The molecule has 1 aromatic rings. The van der Waals surface area contributed by atoms with Crippen LogP contribution in [0.5, 0.6) is 0 Å². The van der Waals surface area contributed by atoms with Gasteiger partial charge in [0.1, 0.15) is 0 Å². The summed E-state index contributed by atoms with van der Waals surface area (Å²) in [5.41, 5.74) is 0.759. The first-order valence-electron chi connectivity index (χ1n) is 7.09. The summed E-state index contributed by atoms with van der Waals surface area (Å²) in [5, 5.41) is 2.81. The number of rotatable bonds is 4. The van der Waals surface area contributed by atoms with Gasteiger partial charge in [-0.2, -0.15) is 0 Å². The minimum absolute atomic E-state index is 0.0160. The molecule has 1 aromatic carbocycles. The van der Waals surface area contributed by atoms with Gasteiger partial charge in [0.05, 0.1) is 39.3 Å². The van der Waals surface area contributed by atoms with Crippen molar-refractivity contribution in [2.24, 2.45) is 0 Å². The van der Waals surface area contributed by atoms with E-state index >= 15 is 0 Å². The standard InChI is InChI=1S/C15H21N3O2/c1-13(19)16-7-8-17-9-11-18(12-10-17)15(20)14-5-3-2-4-6-14/h2-6H,7-12H2,1H3,(H,16,19)/p+1. The Kier molecular flexibility index (Phi) is 5.12. The zero-order valence-electron chi connectivity index (χ0n) is 11.9. The van der Waals surface area contributed by atoms with E-state index in [0.717, 1.165) is 38.3 Å². The van der Waals surface area contributed by atoms with Crippen molar-refractivity contribution in [1.82, 2.24) is 10.2 Å². The fourth-order valence-corrected chi connectivity index (χ4v) is 2.45. The van der Waals surface area contributed by atoms with Crippen LogP contribution in [0, 0.1) is 0 Å². The minimum Gasteiger partial charge on any atom is -0.351 e. The summed E-state index contributed by atoms with van der Waals surface area (Å²) < 4.78 is 0. The van der Waals surface area contributed by atoms with Gasteiger partial charge in [0.15, 0.2) is 0 Å². The van der Waals surface area contributed by atoms with Gasteiger partial charge in [0.25, 0.3) is 5.91 Å². The quantitative estimate of drug-likeness (QED) is 0.754. The second kappa shape index (κ2) is 7.05. The molecule has 2 rings (SSSR count). The van der Waals surface area contributed by atoms with Crippen molar-refractivity contribution in [2.45, 2.75) is 6.92 Å². The Hall–Kier alpha value is -1.88. The summed E-state index contributed by atoms with van der Waals surface area (Å²) in [6.07, 6.45) is 0. The molecule has 20 heavy (non-hydrogen) atoms. The number of benzene rings is 1. The van der Waals surface area contributed by atoms with E-state index < -0.39 is 0 Å². The fourth-order valence-electron chi connectivity index (χ4n) is 2.45. The highest BCUT2D eigenvalue weighted by molar-refractivity contribution is 5.94. The molecule has 0 aromatic heterocycles. The van der Waals surface area contributed by atoms with Crippen LogP contribution in [0.4, 0.5) is 0 Å². The van der Waals surface area contributed by atoms with Gasteiger partial charge >= 0.3 is 0 Å². The molecule has 1 aliphatic rings. The number of carbonyl (C=O) groups excluding carboxylic acids is 2. The van der Waals surface area contributed by atoms with E-state index in [2.05, 4.69) is 5.32 Å². The average Bonchev–Trinajstić information content (AvgIpc) is 2.48. The zero-order chi connectivity index (χ0) is 14.4. The average molecular weight is 276 g/mol. The lowest BCUT2D eigenvalue weighted by Crippen LogP contribution is -3.15. The van der Waals surface area contributed by atoms with Gasteiger partial charge in [-0.3, -0.25) is 9.59 Å². The third-order valence-corrected chi connectivity index (χ3v) is 3.63. The van der Waals surface area contributed by atoms with Crippen LogP contribution in [-0.4, -0.2) is 56.0 Å². The van der Waals surface area contributed by atoms with E-state index in [1.54, 1.807) is 0 Å². The lowest BCUT2D eigenvalue weighted by molar-refractivity contribution is -0.902. The zero-order valence-corrected chi connectivity index (χ0v) is 11.9. The molecule has 1 aliphatic heterocycles. The van der Waals surface area contributed by atoms with Crippen LogP contribution < -0.4 is 10.2 Å². The Bertz CT molecular complexity index is 453. The van der Waals surface area contributed by atoms with Crippen molar-refractivity contribution in [3.05, 3.63) is 35.9 Å². The first-order chi connectivity index (χ1) is 9.66. The first-order valence-corrected chi connectivity index (χ1v) is 7.09. The molecular weight excluding hydrogens is 254 g/mol.